The lowest BCUT2D eigenvalue weighted by Gasteiger charge is -2.36. The van der Waals surface area contributed by atoms with Crippen LogP contribution in [0.1, 0.15) is 15.9 Å². The van der Waals surface area contributed by atoms with Crippen molar-refractivity contribution >= 4 is 40.8 Å². The number of aliphatic carboxylic acids is 1. The number of carboxylic acid groups (broad SMARTS) is 1. The molecule has 12 heteroatoms. The largest absolute Gasteiger partial charge is 0.481 e. The minimum atomic E-state index is -0.788. The molecule has 3 heterocycles. The molecule has 0 bridgehead atoms. The molecule has 1 fully saturated rings. The van der Waals surface area contributed by atoms with E-state index in [9.17, 15) is 14.4 Å². The summed E-state index contributed by atoms with van der Waals surface area (Å²) in [6.45, 7) is 1.48. The van der Waals surface area contributed by atoms with Gasteiger partial charge in [0.05, 0.1) is 34.5 Å². The number of likely N-dealkylation sites (tertiary alicyclic amines) is 1. The first-order valence-electron chi connectivity index (χ1n) is 12.6. The minimum Gasteiger partial charge on any atom is -0.481 e. The van der Waals surface area contributed by atoms with Crippen LogP contribution in [0.2, 0.25) is 10.0 Å². The number of hydrogen-bond acceptors (Lipinski definition) is 7. The lowest BCUT2D eigenvalue weighted by molar-refractivity contribution is -0.147. The van der Waals surface area contributed by atoms with Gasteiger partial charge in [0.25, 0.3) is 11.5 Å². The van der Waals surface area contributed by atoms with Gasteiger partial charge in [0.15, 0.2) is 0 Å². The molecule has 2 aromatic carbocycles. The van der Waals surface area contributed by atoms with Gasteiger partial charge in [-0.25, -0.2) is 9.67 Å². The van der Waals surface area contributed by atoms with E-state index in [1.807, 2.05) is 35.2 Å². The molecule has 0 atom stereocenters. The molecule has 1 aliphatic heterocycles. The summed E-state index contributed by atoms with van der Waals surface area (Å²) in [5, 5.41) is 16.3. The smallest absolute Gasteiger partial charge is 0.309 e. The molecule has 0 unspecified atom stereocenters. The van der Waals surface area contributed by atoms with Crippen LogP contribution in [0.25, 0.3) is 22.4 Å². The summed E-state index contributed by atoms with van der Waals surface area (Å²) < 4.78 is 6.62. The van der Waals surface area contributed by atoms with E-state index in [1.165, 1.54) is 26.4 Å². The van der Waals surface area contributed by atoms with Gasteiger partial charge >= 0.3 is 5.97 Å². The monoisotopic (exact) mass is 593 g/mol. The van der Waals surface area contributed by atoms with Crippen LogP contribution in [0.5, 0.6) is 5.88 Å². The number of methoxy groups -OCH3 is 1. The molecule has 10 nitrogen and oxygen atoms in total. The fourth-order valence-electron chi connectivity index (χ4n) is 4.66. The van der Waals surface area contributed by atoms with Gasteiger partial charge in [-0.1, -0.05) is 59.6 Å². The van der Waals surface area contributed by atoms with Crippen molar-refractivity contribution in [2.45, 2.75) is 6.54 Å². The molecule has 0 spiro atoms. The van der Waals surface area contributed by atoms with Crippen molar-refractivity contribution in [3.8, 4) is 28.3 Å². The molecule has 210 valence electrons. The molecule has 0 radical (unpaired) electrons. The fraction of sp³-hybridized carbons (Fsp3) is 0.207. The Morgan fingerprint density at radius 3 is 2.41 bits per heavy atom. The number of carboxylic acids is 1. The van der Waals surface area contributed by atoms with E-state index in [1.54, 1.807) is 18.2 Å². The molecule has 2 N–H and O–H groups in total. The maximum Gasteiger partial charge on any atom is 0.309 e. The number of anilines is 1. The van der Waals surface area contributed by atoms with Crippen molar-refractivity contribution in [3.05, 3.63) is 92.3 Å². The Morgan fingerprint density at radius 1 is 1.02 bits per heavy atom. The Morgan fingerprint density at radius 2 is 1.71 bits per heavy atom. The van der Waals surface area contributed by atoms with E-state index < -0.39 is 17.4 Å². The average molecular weight is 594 g/mol. The Hall–Kier alpha value is -4.25. The summed E-state index contributed by atoms with van der Waals surface area (Å²) in [6, 6.07) is 15.7. The quantitative estimate of drug-likeness (QED) is 0.303. The fourth-order valence-corrected chi connectivity index (χ4v) is 5.25. The molecule has 1 amide bonds. The summed E-state index contributed by atoms with van der Waals surface area (Å²) in [6.07, 6.45) is 1.37. The number of hydrogen-bond donors (Lipinski definition) is 2. The topological polar surface area (TPSA) is 127 Å². The molecule has 0 saturated carbocycles. The van der Waals surface area contributed by atoms with E-state index in [0.29, 0.717) is 58.6 Å². The second kappa shape index (κ2) is 11.7. The molecule has 2 aromatic heterocycles. The number of amides is 1. The maximum absolute atomic E-state index is 12.8. The number of nitrogens with zero attached hydrogens (tertiary/aromatic N) is 4. The predicted octanol–water partition coefficient (Wildman–Crippen LogP) is 4.59. The number of benzene rings is 2. The van der Waals surface area contributed by atoms with Crippen molar-refractivity contribution in [2.24, 2.45) is 13.0 Å². The highest BCUT2D eigenvalue weighted by atomic mass is 35.5. The summed E-state index contributed by atoms with van der Waals surface area (Å²) in [7, 11) is 2.99. The molecule has 0 aliphatic carbocycles. The van der Waals surface area contributed by atoms with Crippen molar-refractivity contribution < 1.29 is 19.4 Å². The first kappa shape index (κ1) is 28.3. The molecule has 5 rings (SSSR count). The maximum atomic E-state index is 12.8. The summed E-state index contributed by atoms with van der Waals surface area (Å²) in [5.74, 6) is -1.33. The van der Waals surface area contributed by atoms with Crippen LogP contribution >= 0.6 is 23.2 Å². The second-order valence-corrected chi connectivity index (χ2v) is 10.3. The molecule has 41 heavy (non-hydrogen) atoms. The van der Waals surface area contributed by atoms with Crippen LogP contribution in [-0.4, -0.2) is 56.8 Å². The summed E-state index contributed by atoms with van der Waals surface area (Å²) in [5.41, 5.74) is 2.98. The number of carbonyl (C=O) groups excluding carboxylic acids is 1. The van der Waals surface area contributed by atoms with E-state index >= 15 is 0 Å². The lowest BCUT2D eigenvalue weighted by atomic mass is 9.99. The standard InChI is InChI=1S/C29H25Cl2N5O5/c1-35-28(38)21(11-12-32-35)26(37)33-23-8-4-6-19(25(23)31)18-5-3-7-20(24(18)30)22-10-9-16(27(34-22)41-2)13-36-14-17(15-36)29(39)40/h3-12,17H,13-15H2,1-2H3,(H,33,37)(H,39,40). The van der Waals surface area contributed by atoms with Crippen LogP contribution in [0, 0.1) is 5.92 Å². The van der Waals surface area contributed by atoms with Gasteiger partial charge in [0.1, 0.15) is 5.56 Å². The molecule has 1 aliphatic rings. The van der Waals surface area contributed by atoms with Crippen molar-refractivity contribution in [2.75, 3.05) is 25.5 Å². The highest BCUT2D eigenvalue weighted by Crippen LogP contribution is 2.41. The van der Waals surface area contributed by atoms with Gasteiger partial charge in [0.2, 0.25) is 5.88 Å². The third-order valence-electron chi connectivity index (χ3n) is 6.89. The van der Waals surface area contributed by atoms with E-state index in [0.717, 1.165) is 10.2 Å². The van der Waals surface area contributed by atoms with Crippen LogP contribution in [-0.2, 0) is 18.4 Å². The first-order chi connectivity index (χ1) is 19.7. The highest BCUT2D eigenvalue weighted by molar-refractivity contribution is 6.39. The number of carbonyl (C=O) groups is 2. The summed E-state index contributed by atoms with van der Waals surface area (Å²) >= 11 is 13.6. The number of aromatic nitrogens is 3. The minimum absolute atomic E-state index is 0.0664. The number of pyridine rings is 1. The normalized spacial score (nSPS) is 13.5. The second-order valence-electron chi connectivity index (χ2n) is 9.56. The Bertz CT molecular complexity index is 1720. The number of halogens is 2. The zero-order valence-corrected chi connectivity index (χ0v) is 23.6. The zero-order valence-electron chi connectivity index (χ0n) is 22.1. The van der Waals surface area contributed by atoms with Crippen molar-refractivity contribution in [1.82, 2.24) is 19.7 Å². The van der Waals surface area contributed by atoms with E-state index in [4.69, 9.17) is 33.0 Å². The molecule has 1 saturated heterocycles. The van der Waals surface area contributed by atoms with Crippen LogP contribution < -0.4 is 15.6 Å². The Balaban J connectivity index is 1.42. The predicted molar refractivity (Wildman–Crippen MR) is 156 cm³/mol. The van der Waals surface area contributed by atoms with Gasteiger partial charge < -0.3 is 15.2 Å². The van der Waals surface area contributed by atoms with Gasteiger partial charge in [-0.15, -0.1) is 0 Å². The molecule has 4 aromatic rings. The van der Waals surface area contributed by atoms with Crippen LogP contribution in [0.15, 0.2) is 65.6 Å². The van der Waals surface area contributed by atoms with Gasteiger partial charge in [-0.2, -0.15) is 5.10 Å². The van der Waals surface area contributed by atoms with Gasteiger partial charge in [0, 0.05) is 55.1 Å². The number of rotatable bonds is 8. The third kappa shape index (κ3) is 5.67. The Kier molecular flexibility index (Phi) is 8.07. The molecular formula is C29H25Cl2N5O5. The van der Waals surface area contributed by atoms with Gasteiger partial charge in [-0.05, 0) is 18.2 Å². The summed E-state index contributed by atoms with van der Waals surface area (Å²) in [4.78, 5) is 43.0. The zero-order chi connectivity index (χ0) is 29.3. The van der Waals surface area contributed by atoms with Crippen LogP contribution in [0.4, 0.5) is 5.69 Å². The number of aryl methyl sites for hydroxylation is 1. The van der Waals surface area contributed by atoms with E-state index in [2.05, 4.69) is 15.4 Å². The number of ether oxygens (including phenoxy) is 1. The first-order valence-corrected chi connectivity index (χ1v) is 13.3. The third-order valence-corrected chi connectivity index (χ3v) is 7.71. The SMILES string of the molecule is COc1nc(-c2cccc(-c3cccc(NC(=O)c4ccnn(C)c4=O)c3Cl)c2Cl)ccc1CN1CC(C(=O)O)C1. The Labute approximate surface area is 245 Å². The van der Waals surface area contributed by atoms with Gasteiger partial charge in [-0.3, -0.25) is 19.3 Å². The van der Waals surface area contributed by atoms with Crippen LogP contribution in [0.3, 0.4) is 0 Å². The highest BCUT2D eigenvalue weighted by Gasteiger charge is 2.32. The number of nitrogens with one attached hydrogen (secondary N) is 1. The van der Waals surface area contributed by atoms with Crippen molar-refractivity contribution in [1.29, 1.82) is 0 Å². The van der Waals surface area contributed by atoms with Crippen molar-refractivity contribution in [3.63, 3.8) is 0 Å². The lowest BCUT2D eigenvalue weighted by Crippen LogP contribution is -2.49. The molecular weight excluding hydrogens is 569 g/mol. The van der Waals surface area contributed by atoms with E-state index in [-0.39, 0.29) is 16.5 Å². The average Bonchev–Trinajstić information content (AvgIpc) is 2.93.